The lowest BCUT2D eigenvalue weighted by molar-refractivity contribution is 0.942. The fourth-order valence-electron chi connectivity index (χ4n) is 1.70. The van der Waals surface area contributed by atoms with Crippen molar-refractivity contribution in [3.63, 3.8) is 0 Å². The van der Waals surface area contributed by atoms with Gasteiger partial charge in [0.2, 0.25) is 0 Å². The normalized spacial score (nSPS) is 10.6. The first-order valence-electron chi connectivity index (χ1n) is 5.14. The van der Waals surface area contributed by atoms with Gasteiger partial charge in [0.25, 0.3) is 0 Å². The molecule has 0 aliphatic rings. The molecule has 0 aliphatic carbocycles. The first-order chi connectivity index (χ1) is 8.31. The minimum atomic E-state index is 0.710. The molecule has 0 fully saturated rings. The van der Waals surface area contributed by atoms with Crippen LogP contribution in [0, 0.1) is 0 Å². The largest absolute Gasteiger partial charge is 0.337 e. The molecule has 0 amide bonds. The van der Waals surface area contributed by atoms with Gasteiger partial charge in [-0.2, -0.15) is 0 Å². The Hall–Kier alpha value is -1.88. The molecule has 0 spiro atoms. The van der Waals surface area contributed by atoms with E-state index in [0.29, 0.717) is 5.82 Å². The van der Waals surface area contributed by atoms with Crippen LogP contribution in [0.3, 0.4) is 0 Å². The van der Waals surface area contributed by atoms with E-state index < -0.39 is 0 Å². The summed E-state index contributed by atoms with van der Waals surface area (Å²) >= 11 is 3.46. The van der Waals surface area contributed by atoms with Gasteiger partial charge in [0.1, 0.15) is 0 Å². The Morgan fingerprint density at radius 1 is 1.06 bits per heavy atom. The molecular weight excluding hydrogens is 280 g/mol. The van der Waals surface area contributed by atoms with Crippen molar-refractivity contribution in [1.29, 1.82) is 0 Å². The van der Waals surface area contributed by atoms with Gasteiger partial charge < -0.3 is 5.32 Å². The second-order valence-corrected chi connectivity index (χ2v) is 4.61. The monoisotopic (exact) mass is 288 g/mol. The minimum Gasteiger partial charge on any atom is -0.337 e. The first kappa shape index (κ1) is 10.3. The third-order valence-electron chi connectivity index (χ3n) is 2.49. The van der Waals surface area contributed by atoms with Crippen molar-refractivity contribution >= 4 is 38.2 Å². The summed E-state index contributed by atoms with van der Waals surface area (Å²) < 4.78 is 1.09. The molecule has 2 aromatic carbocycles. The Morgan fingerprint density at radius 2 is 1.88 bits per heavy atom. The van der Waals surface area contributed by atoms with Gasteiger partial charge in [0.05, 0.1) is 6.20 Å². The molecular formula is C12H9BrN4. The number of nitrogens with zero attached hydrogens (tertiary/aromatic N) is 2. The highest BCUT2D eigenvalue weighted by atomic mass is 79.9. The number of halogens is 1. The van der Waals surface area contributed by atoms with Crippen molar-refractivity contribution in [3.8, 4) is 0 Å². The van der Waals surface area contributed by atoms with Crippen LogP contribution in [0.15, 0.2) is 47.1 Å². The lowest BCUT2D eigenvalue weighted by Crippen LogP contribution is -1.90. The molecule has 0 aliphatic heterocycles. The highest BCUT2D eigenvalue weighted by Gasteiger charge is 1.99. The average Bonchev–Trinajstić information content (AvgIpc) is 2.82. The van der Waals surface area contributed by atoms with E-state index in [0.717, 1.165) is 10.2 Å². The number of aromatic nitrogens is 3. The summed E-state index contributed by atoms with van der Waals surface area (Å²) in [5, 5.41) is 15.8. The summed E-state index contributed by atoms with van der Waals surface area (Å²) in [7, 11) is 0. The molecule has 5 heteroatoms. The molecule has 0 saturated carbocycles. The van der Waals surface area contributed by atoms with Crippen molar-refractivity contribution < 1.29 is 0 Å². The standard InChI is InChI=1S/C12H9BrN4/c13-10-3-1-9-6-11(4-2-8(9)5-10)15-12-7-14-17-16-12/h1-7H,(H2,14,15,16,17). The van der Waals surface area contributed by atoms with Gasteiger partial charge in [0, 0.05) is 10.2 Å². The van der Waals surface area contributed by atoms with Gasteiger partial charge in [-0.25, -0.2) is 0 Å². The Kier molecular flexibility index (Phi) is 2.53. The molecule has 0 bridgehead atoms. The van der Waals surface area contributed by atoms with Gasteiger partial charge >= 0.3 is 0 Å². The molecule has 84 valence electrons. The second kappa shape index (κ2) is 4.18. The van der Waals surface area contributed by atoms with Crippen molar-refractivity contribution in [3.05, 3.63) is 47.1 Å². The lowest BCUT2D eigenvalue weighted by atomic mass is 10.1. The third kappa shape index (κ3) is 2.14. The van der Waals surface area contributed by atoms with Gasteiger partial charge in [0.15, 0.2) is 5.82 Å². The highest BCUT2D eigenvalue weighted by molar-refractivity contribution is 9.10. The lowest BCUT2D eigenvalue weighted by Gasteiger charge is -2.04. The molecule has 4 nitrogen and oxygen atoms in total. The van der Waals surface area contributed by atoms with Crippen LogP contribution in [0.1, 0.15) is 0 Å². The maximum absolute atomic E-state index is 3.88. The van der Waals surface area contributed by atoms with E-state index >= 15 is 0 Å². The number of anilines is 2. The molecule has 3 aromatic rings. The maximum Gasteiger partial charge on any atom is 0.172 e. The molecule has 1 heterocycles. The van der Waals surface area contributed by atoms with Crippen LogP contribution in [-0.4, -0.2) is 15.4 Å². The third-order valence-corrected chi connectivity index (χ3v) is 2.98. The molecule has 0 radical (unpaired) electrons. The summed E-state index contributed by atoms with van der Waals surface area (Å²) in [5.74, 6) is 0.710. The van der Waals surface area contributed by atoms with E-state index in [2.05, 4.69) is 60.9 Å². The number of benzene rings is 2. The summed E-state index contributed by atoms with van der Waals surface area (Å²) in [5.41, 5.74) is 0.994. The van der Waals surface area contributed by atoms with Crippen molar-refractivity contribution in [2.75, 3.05) is 5.32 Å². The number of aromatic amines is 1. The fraction of sp³-hybridized carbons (Fsp3) is 0. The van der Waals surface area contributed by atoms with E-state index in [1.54, 1.807) is 6.20 Å². The molecule has 0 unspecified atom stereocenters. The summed E-state index contributed by atoms with van der Waals surface area (Å²) in [6, 6.07) is 12.4. The Balaban J connectivity index is 1.99. The number of fused-ring (bicyclic) bond motifs is 1. The Morgan fingerprint density at radius 3 is 2.71 bits per heavy atom. The zero-order chi connectivity index (χ0) is 11.7. The summed E-state index contributed by atoms with van der Waals surface area (Å²) in [6.07, 6.45) is 1.71. The molecule has 0 atom stereocenters. The molecule has 2 N–H and O–H groups in total. The average molecular weight is 289 g/mol. The van der Waals surface area contributed by atoms with Crippen molar-refractivity contribution in [1.82, 2.24) is 15.4 Å². The van der Waals surface area contributed by atoms with E-state index in [1.165, 1.54) is 10.8 Å². The summed E-state index contributed by atoms with van der Waals surface area (Å²) in [6.45, 7) is 0. The number of rotatable bonds is 2. The molecule has 3 rings (SSSR count). The quantitative estimate of drug-likeness (QED) is 0.759. The highest BCUT2D eigenvalue weighted by Crippen LogP contribution is 2.24. The Labute approximate surface area is 106 Å². The Bertz CT molecular complexity index is 649. The van der Waals surface area contributed by atoms with E-state index in [-0.39, 0.29) is 0 Å². The number of hydrogen-bond acceptors (Lipinski definition) is 3. The van der Waals surface area contributed by atoms with E-state index in [4.69, 9.17) is 0 Å². The maximum atomic E-state index is 3.88. The van der Waals surface area contributed by atoms with E-state index in [1.807, 2.05) is 12.1 Å². The number of H-pyrrole nitrogens is 1. The second-order valence-electron chi connectivity index (χ2n) is 3.69. The summed E-state index contributed by atoms with van der Waals surface area (Å²) in [4.78, 5) is 0. The smallest absolute Gasteiger partial charge is 0.172 e. The van der Waals surface area contributed by atoms with Gasteiger partial charge in [-0.15, -0.1) is 5.10 Å². The van der Waals surface area contributed by atoms with Gasteiger partial charge in [-0.1, -0.05) is 33.3 Å². The fourth-order valence-corrected chi connectivity index (χ4v) is 2.08. The van der Waals surface area contributed by atoms with Crippen LogP contribution in [0.25, 0.3) is 10.8 Å². The predicted octanol–water partition coefficient (Wildman–Crippen LogP) is 3.46. The molecule has 17 heavy (non-hydrogen) atoms. The predicted molar refractivity (Wildman–Crippen MR) is 71.3 cm³/mol. The number of hydrogen-bond donors (Lipinski definition) is 2. The van der Waals surface area contributed by atoms with Gasteiger partial charge in [-0.3, -0.25) is 5.10 Å². The zero-order valence-electron chi connectivity index (χ0n) is 8.81. The van der Waals surface area contributed by atoms with Crippen LogP contribution < -0.4 is 5.32 Å². The van der Waals surface area contributed by atoms with Crippen LogP contribution in [0.5, 0.6) is 0 Å². The molecule has 0 saturated heterocycles. The zero-order valence-corrected chi connectivity index (χ0v) is 10.4. The van der Waals surface area contributed by atoms with Gasteiger partial charge in [-0.05, 0) is 35.0 Å². The van der Waals surface area contributed by atoms with Crippen molar-refractivity contribution in [2.45, 2.75) is 0 Å². The first-order valence-corrected chi connectivity index (χ1v) is 5.93. The number of nitrogens with one attached hydrogen (secondary N) is 2. The topological polar surface area (TPSA) is 53.6 Å². The van der Waals surface area contributed by atoms with Crippen LogP contribution in [0.2, 0.25) is 0 Å². The SMILES string of the molecule is Brc1ccc2cc(Nc3c[nH]nn3)ccc2c1. The van der Waals surface area contributed by atoms with Crippen molar-refractivity contribution in [2.24, 2.45) is 0 Å². The van der Waals surface area contributed by atoms with E-state index in [9.17, 15) is 0 Å². The minimum absolute atomic E-state index is 0.710. The molecule has 1 aromatic heterocycles. The van der Waals surface area contributed by atoms with Crippen LogP contribution in [-0.2, 0) is 0 Å². The van der Waals surface area contributed by atoms with Crippen LogP contribution >= 0.6 is 15.9 Å². The van der Waals surface area contributed by atoms with Crippen LogP contribution in [0.4, 0.5) is 11.5 Å².